The van der Waals surface area contributed by atoms with Crippen LogP contribution < -0.4 is 21.1 Å². The minimum absolute atomic E-state index is 0.0518. The third-order valence-electron chi connectivity index (χ3n) is 2.45. The van der Waals surface area contributed by atoms with Gasteiger partial charge in [-0.15, -0.1) is 0 Å². The fraction of sp³-hybridized carbons (Fsp3) is 0.308. The van der Waals surface area contributed by atoms with E-state index >= 15 is 0 Å². The minimum Gasteiger partial charge on any atom is -0.322 e. The zero-order valence-corrected chi connectivity index (χ0v) is 12.6. The summed E-state index contributed by atoms with van der Waals surface area (Å²) < 4.78 is 0. The molecule has 0 aliphatic rings. The van der Waals surface area contributed by atoms with Gasteiger partial charge in [0.1, 0.15) is 0 Å². The number of hydrazine groups is 1. The Morgan fingerprint density at radius 2 is 1.71 bits per heavy atom. The van der Waals surface area contributed by atoms with E-state index in [0.29, 0.717) is 15.6 Å². The van der Waals surface area contributed by atoms with Crippen molar-refractivity contribution in [3.8, 4) is 0 Å². The number of hydrogen-bond acceptors (Lipinski definition) is 3. The van der Waals surface area contributed by atoms with Gasteiger partial charge in [-0.25, -0.2) is 0 Å². The van der Waals surface area contributed by atoms with Crippen LogP contribution in [0.5, 0.6) is 0 Å². The predicted octanol–water partition coefficient (Wildman–Crippen LogP) is -1.04. The average molecular weight is 314 g/mol. The molecular weight excluding hydrogens is 296 g/mol. The van der Waals surface area contributed by atoms with E-state index in [1.54, 1.807) is 31.3 Å². The van der Waals surface area contributed by atoms with Crippen molar-refractivity contribution >= 4 is 35.0 Å². The molecular formula is C13H18ClN4O3+. The summed E-state index contributed by atoms with van der Waals surface area (Å²) in [5.74, 6) is -1.00. The maximum absolute atomic E-state index is 11.8. The van der Waals surface area contributed by atoms with Gasteiger partial charge in [-0.2, -0.15) is 0 Å². The van der Waals surface area contributed by atoms with E-state index < -0.39 is 0 Å². The van der Waals surface area contributed by atoms with Crippen LogP contribution in [-0.2, 0) is 14.4 Å². The quantitative estimate of drug-likeness (QED) is 0.523. The first-order valence-electron chi connectivity index (χ1n) is 6.29. The summed E-state index contributed by atoms with van der Waals surface area (Å²) in [6, 6.07) is 6.90. The van der Waals surface area contributed by atoms with Crippen LogP contribution in [0.3, 0.4) is 0 Å². The Labute approximate surface area is 127 Å². The van der Waals surface area contributed by atoms with Gasteiger partial charge in [0.2, 0.25) is 5.91 Å². The maximum Gasteiger partial charge on any atom is 0.293 e. The molecule has 0 saturated heterocycles. The number of likely N-dealkylation sites (N-methyl/N-ethyl adjacent to an activating group) is 1. The molecule has 0 fully saturated rings. The van der Waals surface area contributed by atoms with Gasteiger partial charge in [0.25, 0.3) is 11.8 Å². The molecule has 0 aliphatic carbocycles. The zero-order chi connectivity index (χ0) is 15.8. The van der Waals surface area contributed by atoms with E-state index in [9.17, 15) is 14.4 Å². The number of amides is 3. The number of hydrogen-bond donors (Lipinski definition) is 4. The van der Waals surface area contributed by atoms with Crippen molar-refractivity contribution in [3.63, 3.8) is 0 Å². The van der Waals surface area contributed by atoms with E-state index in [4.69, 9.17) is 11.6 Å². The lowest BCUT2D eigenvalue weighted by molar-refractivity contribution is -0.862. The Kier molecular flexibility index (Phi) is 6.64. The van der Waals surface area contributed by atoms with Crippen molar-refractivity contribution in [2.24, 2.45) is 0 Å². The molecule has 0 spiro atoms. The van der Waals surface area contributed by atoms with Gasteiger partial charge in [0.05, 0.1) is 17.8 Å². The van der Waals surface area contributed by atoms with E-state index in [0.717, 1.165) is 0 Å². The van der Waals surface area contributed by atoms with Crippen LogP contribution in [0.25, 0.3) is 0 Å². The molecule has 114 valence electrons. The molecule has 21 heavy (non-hydrogen) atoms. The number of anilines is 1. The molecule has 1 rings (SSSR count). The lowest BCUT2D eigenvalue weighted by Gasteiger charge is -2.14. The highest BCUT2D eigenvalue weighted by Crippen LogP contribution is 2.19. The van der Waals surface area contributed by atoms with Gasteiger partial charge in [-0.1, -0.05) is 23.7 Å². The normalized spacial score (nSPS) is 11.4. The summed E-state index contributed by atoms with van der Waals surface area (Å²) in [5, 5.41) is 3.12. The first kappa shape index (κ1) is 16.9. The predicted molar refractivity (Wildman–Crippen MR) is 78.7 cm³/mol. The zero-order valence-electron chi connectivity index (χ0n) is 11.8. The van der Waals surface area contributed by atoms with Crippen molar-refractivity contribution < 1.29 is 19.3 Å². The van der Waals surface area contributed by atoms with Crippen LogP contribution in [0.4, 0.5) is 5.69 Å². The molecule has 0 aromatic heterocycles. The highest BCUT2D eigenvalue weighted by atomic mass is 35.5. The number of nitrogens with one attached hydrogen (secondary N) is 4. The van der Waals surface area contributed by atoms with Crippen molar-refractivity contribution in [3.05, 3.63) is 29.3 Å². The lowest BCUT2D eigenvalue weighted by atomic mass is 10.3. The second-order valence-electron chi connectivity index (χ2n) is 4.57. The van der Waals surface area contributed by atoms with Gasteiger partial charge >= 0.3 is 0 Å². The number of carbonyl (C=O) groups is 3. The van der Waals surface area contributed by atoms with Gasteiger partial charge in [0.15, 0.2) is 13.1 Å². The summed E-state index contributed by atoms with van der Waals surface area (Å²) in [6.07, 6.45) is 0. The number of halogens is 1. The molecule has 0 radical (unpaired) electrons. The Morgan fingerprint density at radius 3 is 2.33 bits per heavy atom. The Bertz CT molecular complexity index is 536. The third-order valence-corrected chi connectivity index (χ3v) is 2.78. The molecule has 4 N–H and O–H groups in total. The molecule has 0 aliphatic heterocycles. The van der Waals surface area contributed by atoms with Gasteiger partial charge in [0, 0.05) is 6.92 Å². The molecule has 7 nitrogen and oxygen atoms in total. The van der Waals surface area contributed by atoms with Crippen LogP contribution in [-0.4, -0.2) is 37.9 Å². The summed E-state index contributed by atoms with van der Waals surface area (Å²) >= 11 is 5.93. The second kappa shape index (κ2) is 8.23. The fourth-order valence-electron chi connectivity index (χ4n) is 1.57. The van der Waals surface area contributed by atoms with Crippen LogP contribution in [0.2, 0.25) is 5.02 Å². The largest absolute Gasteiger partial charge is 0.322 e. The Morgan fingerprint density at radius 1 is 1.10 bits per heavy atom. The van der Waals surface area contributed by atoms with Crippen LogP contribution in [0, 0.1) is 0 Å². The molecule has 3 amide bonds. The van der Waals surface area contributed by atoms with Crippen LogP contribution >= 0.6 is 11.6 Å². The second-order valence-corrected chi connectivity index (χ2v) is 4.98. The summed E-state index contributed by atoms with van der Waals surface area (Å²) in [7, 11) is 1.69. The molecule has 1 unspecified atom stereocenters. The number of benzene rings is 1. The minimum atomic E-state index is -0.381. The topological polar surface area (TPSA) is 91.7 Å². The number of para-hydroxylation sites is 1. The van der Waals surface area contributed by atoms with Crippen LogP contribution in [0.15, 0.2) is 24.3 Å². The smallest absolute Gasteiger partial charge is 0.293 e. The molecule has 1 aromatic rings. The van der Waals surface area contributed by atoms with Crippen LogP contribution in [0.1, 0.15) is 6.92 Å². The highest BCUT2D eigenvalue weighted by molar-refractivity contribution is 6.33. The number of quaternary nitrogens is 1. The summed E-state index contributed by atoms with van der Waals surface area (Å²) in [4.78, 5) is 34.6. The molecule has 1 atom stereocenters. The molecule has 1 aromatic carbocycles. The Hall–Kier alpha value is -2.12. The number of carbonyl (C=O) groups excluding carboxylic acids is 3. The van der Waals surface area contributed by atoms with E-state index in [-0.39, 0.29) is 30.8 Å². The molecule has 0 saturated carbocycles. The maximum atomic E-state index is 11.8. The van der Waals surface area contributed by atoms with Gasteiger partial charge in [-0.05, 0) is 12.1 Å². The van der Waals surface area contributed by atoms with Crippen molar-refractivity contribution in [1.82, 2.24) is 10.9 Å². The van der Waals surface area contributed by atoms with Gasteiger partial charge in [-0.3, -0.25) is 25.2 Å². The average Bonchev–Trinajstić information content (AvgIpc) is 2.38. The summed E-state index contributed by atoms with van der Waals surface area (Å²) in [5.41, 5.74) is 4.94. The number of rotatable bonds is 5. The van der Waals surface area contributed by atoms with E-state index in [1.807, 2.05) is 0 Å². The first-order valence-corrected chi connectivity index (χ1v) is 6.67. The Balaban J connectivity index is 2.39. The van der Waals surface area contributed by atoms with E-state index in [1.165, 1.54) is 6.92 Å². The monoisotopic (exact) mass is 313 g/mol. The highest BCUT2D eigenvalue weighted by Gasteiger charge is 2.15. The fourth-order valence-corrected chi connectivity index (χ4v) is 1.75. The van der Waals surface area contributed by atoms with E-state index in [2.05, 4.69) is 16.2 Å². The summed E-state index contributed by atoms with van der Waals surface area (Å²) in [6.45, 7) is 1.43. The van der Waals surface area contributed by atoms with Crippen molar-refractivity contribution in [2.45, 2.75) is 6.92 Å². The van der Waals surface area contributed by atoms with Gasteiger partial charge < -0.3 is 10.2 Å². The molecule has 0 heterocycles. The molecule has 8 heteroatoms. The van der Waals surface area contributed by atoms with Crippen molar-refractivity contribution in [2.75, 3.05) is 25.5 Å². The van der Waals surface area contributed by atoms with Crippen molar-refractivity contribution in [1.29, 1.82) is 0 Å². The lowest BCUT2D eigenvalue weighted by Crippen LogP contribution is -3.11. The standard InChI is InChI=1S/C13H17ClN4O3/c1-9(19)16-17-13(21)8-18(2)7-12(20)15-11-6-4-3-5-10(11)14/h3-6H,7-8H2,1-2H3,(H,15,20)(H,16,19)(H,17,21)/p+1. The SMILES string of the molecule is CC(=O)NNC(=O)C[NH+](C)CC(=O)Nc1ccccc1Cl. The third kappa shape index (κ3) is 6.73. The molecule has 0 bridgehead atoms. The first-order chi connectivity index (χ1) is 9.88.